The van der Waals surface area contributed by atoms with Crippen LogP contribution in [-0.2, 0) is 4.79 Å². The molecule has 78 valence electrons. The average Bonchev–Trinajstić information content (AvgIpc) is 2.12. The highest BCUT2D eigenvalue weighted by Crippen LogP contribution is 2.03. The molecule has 1 atom stereocenters. The fourth-order valence-electron chi connectivity index (χ4n) is 0.773. The van der Waals surface area contributed by atoms with E-state index in [-0.39, 0.29) is 18.6 Å². The number of amides is 1. The van der Waals surface area contributed by atoms with Gasteiger partial charge in [0.05, 0.1) is 12.4 Å². The minimum Gasteiger partial charge on any atom is -0.394 e. The number of nitrogens with one attached hydrogen (secondary N) is 1. The van der Waals surface area contributed by atoms with E-state index in [0.717, 1.165) is 12.2 Å². The van der Waals surface area contributed by atoms with Crippen molar-refractivity contribution in [3.63, 3.8) is 0 Å². The summed E-state index contributed by atoms with van der Waals surface area (Å²) in [5.74, 6) is 1.56. The molecule has 0 bridgehead atoms. The van der Waals surface area contributed by atoms with Crippen molar-refractivity contribution in [1.29, 1.82) is 0 Å². The molecule has 0 aliphatic heterocycles. The zero-order valence-corrected chi connectivity index (χ0v) is 9.19. The number of thioether (sulfide) groups is 1. The van der Waals surface area contributed by atoms with Crippen LogP contribution < -0.4 is 5.32 Å². The summed E-state index contributed by atoms with van der Waals surface area (Å²) >= 11 is 1.64. The quantitative estimate of drug-likeness (QED) is 0.610. The number of rotatable bonds is 7. The van der Waals surface area contributed by atoms with Crippen LogP contribution in [0, 0.1) is 0 Å². The summed E-state index contributed by atoms with van der Waals surface area (Å²) in [4.78, 5) is 11.1. The van der Waals surface area contributed by atoms with Crippen LogP contribution in [0.3, 0.4) is 0 Å². The molecule has 3 nitrogen and oxygen atoms in total. The van der Waals surface area contributed by atoms with Crippen molar-refractivity contribution in [2.75, 3.05) is 18.1 Å². The highest BCUT2D eigenvalue weighted by atomic mass is 32.2. The summed E-state index contributed by atoms with van der Waals surface area (Å²) in [6.07, 6.45) is 2.33. The topological polar surface area (TPSA) is 49.3 Å². The molecule has 0 radical (unpaired) electrons. The predicted molar refractivity (Wildman–Crippen MR) is 56.9 cm³/mol. The smallest absolute Gasteiger partial charge is 0.230 e. The summed E-state index contributed by atoms with van der Waals surface area (Å²) in [6, 6.07) is -0.126. The van der Waals surface area contributed by atoms with Crippen LogP contribution in [0.1, 0.15) is 26.7 Å². The van der Waals surface area contributed by atoms with Gasteiger partial charge < -0.3 is 10.4 Å². The highest BCUT2D eigenvalue weighted by Gasteiger charge is 2.04. The molecular weight excluding hydrogens is 186 g/mol. The third-order valence-electron chi connectivity index (χ3n) is 1.56. The standard InChI is InChI=1S/C9H19NO2S/c1-3-4-5-13-7-9(12)10-8(2)6-11/h8,11H,3-7H2,1-2H3,(H,10,12)/t8-/m0/s1. The predicted octanol–water partition coefficient (Wildman–Crippen LogP) is 1.02. The monoisotopic (exact) mass is 205 g/mol. The van der Waals surface area contributed by atoms with E-state index in [1.807, 2.05) is 0 Å². The number of carbonyl (C=O) groups excluding carboxylic acids is 1. The second-order valence-electron chi connectivity index (χ2n) is 3.06. The Morgan fingerprint density at radius 2 is 2.31 bits per heavy atom. The first-order valence-electron chi connectivity index (χ1n) is 4.68. The minimum absolute atomic E-state index is 0.00532. The average molecular weight is 205 g/mol. The van der Waals surface area contributed by atoms with Crippen molar-refractivity contribution >= 4 is 17.7 Å². The molecule has 0 aromatic rings. The largest absolute Gasteiger partial charge is 0.394 e. The number of hydrogen-bond donors (Lipinski definition) is 2. The molecule has 0 saturated heterocycles. The molecule has 0 aliphatic rings. The Labute approximate surface area is 84.3 Å². The first-order valence-corrected chi connectivity index (χ1v) is 5.84. The van der Waals surface area contributed by atoms with Crippen LogP contribution in [0.4, 0.5) is 0 Å². The van der Waals surface area contributed by atoms with Gasteiger partial charge in [-0.15, -0.1) is 0 Å². The second kappa shape index (κ2) is 8.38. The van der Waals surface area contributed by atoms with Gasteiger partial charge in [-0.25, -0.2) is 0 Å². The number of carbonyl (C=O) groups is 1. The SMILES string of the molecule is CCCCSCC(=O)N[C@@H](C)CO. The van der Waals surface area contributed by atoms with Crippen LogP contribution in [-0.4, -0.2) is 35.2 Å². The van der Waals surface area contributed by atoms with Gasteiger partial charge in [-0.1, -0.05) is 13.3 Å². The molecule has 0 spiro atoms. The lowest BCUT2D eigenvalue weighted by Gasteiger charge is -2.09. The van der Waals surface area contributed by atoms with Crippen LogP contribution in [0.5, 0.6) is 0 Å². The van der Waals surface area contributed by atoms with Gasteiger partial charge in [0.1, 0.15) is 0 Å². The van der Waals surface area contributed by atoms with Crippen molar-refractivity contribution in [2.45, 2.75) is 32.7 Å². The van der Waals surface area contributed by atoms with Gasteiger partial charge in [-0.05, 0) is 19.1 Å². The Balaban J connectivity index is 3.30. The van der Waals surface area contributed by atoms with E-state index in [9.17, 15) is 4.79 Å². The Kier molecular flexibility index (Phi) is 8.24. The van der Waals surface area contributed by atoms with Crippen molar-refractivity contribution in [3.8, 4) is 0 Å². The summed E-state index contributed by atoms with van der Waals surface area (Å²) in [5.41, 5.74) is 0. The zero-order chi connectivity index (χ0) is 10.1. The number of aliphatic hydroxyl groups is 1. The van der Waals surface area contributed by atoms with Crippen molar-refractivity contribution in [3.05, 3.63) is 0 Å². The molecule has 1 amide bonds. The Morgan fingerprint density at radius 3 is 2.85 bits per heavy atom. The van der Waals surface area contributed by atoms with Gasteiger partial charge >= 0.3 is 0 Å². The molecule has 0 saturated carbocycles. The van der Waals surface area contributed by atoms with Crippen molar-refractivity contribution in [2.24, 2.45) is 0 Å². The third-order valence-corrected chi connectivity index (χ3v) is 2.60. The molecule has 0 unspecified atom stereocenters. The summed E-state index contributed by atoms with van der Waals surface area (Å²) in [6.45, 7) is 3.93. The van der Waals surface area contributed by atoms with E-state index in [1.165, 1.54) is 6.42 Å². The molecule has 0 aromatic heterocycles. The Hall–Kier alpha value is -0.220. The van der Waals surface area contributed by atoms with Crippen LogP contribution in [0.15, 0.2) is 0 Å². The van der Waals surface area contributed by atoms with E-state index in [4.69, 9.17) is 5.11 Å². The molecule has 0 heterocycles. The summed E-state index contributed by atoms with van der Waals surface area (Å²) < 4.78 is 0. The zero-order valence-electron chi connectivity index (χ0n) is 8.38. The minimum atomic E-state index is -0.126. The maximum Gasteiger partial charge on any atom is 0.230 e. The van der Waals surface area contributed by atoms with Crippen LogP contribution in [0.2, 0.25) is 0 Å². The Bertz CT molecular complexity index is 142. The number of aliphatic hydroxyl groups excluding tert-OH is 1. The molecular formula is C9H19NO2S. The molecule has 0 aromatic carbocycles. The normalized spacial score (nSPS) is 12.5. The van der Waals surface area contributed by atoms with E-state index in [1.54, 1.807) is 18.7 Å². The van der Waals surface area contributed by atoms with E-state index >= 15 is 0 Å². The molecule has 0 aliphatic carbocycles. The third kappa shape index (κ3) is 8.12. The summed E-state index contributed by atoms with van der Waals surface area (Å²) in [7, 11) is 0. The molecule has 0 rings (SSSR count). The first kappa shape index (κ1) is 12.8. The van der Waals surface area contributed by atoms with Gasteiger partial charge in [0.15, 0.2) is 0 Å². The highest BCUT2D eigenvalue weighted by molar-refractivity contribution is 7.99. The molecule has 4 heteroatoms. The van der Waals surface area contributed by atoms with Gasteiger partial charge in [0.25, 0.3) is 0 Å². The fourth-order valence-corrected chi connectivity index (χ4v) is 1.68. The van der Waals surface area contributed by atoms with Crippen molar-refractivity contribution in [1.82, 2.24) is 5.32 Å². The maximum atomic E-state index is 11.1. The first-order chi connectivity index (χ1) is 6.20. The second-order valence-corrected chi connectivity index (χ2v) is 4.16. The van der Waals surface area contributed by atoms with Crippen LogP contribution in [0.25, 0.3) is 0 Å². The van der Waals surface area contributed by atoms with Crippen molar-refractivity contribution < 1.29 is 9.90 Å². The van der Waals surface area contributed by atoms with E-state index < -0.39 is 0 Å². The summed E-state index contributed by atoms with van der Waals surface area (Å²) in [5, 5.41) is 11.4. The molecule has 13 heavy (non-hydrogen) atoms. The van der Waals surface area contributed by atoms with E-state index in [2.05, 4.69) is 12.2 Å². The lowest BCUT2D eigenvalue weighted by atomic mass is 10.4. The van der Waals surface area contributed by atoms with Gasteiger partial charge in [-0.2, -0.15) is 11.8 Å². The fraction of sp³-hybridized carbons (Fsp3) is 0.889. The Morgan fingerprint density at radius 1 is 1.62 bits per heavy atom. The van der Waals surface area contributed by atoms with Gasteiger partial charge in [0, 0.05) is 6.04 Å². The lowest BCUT2D eigenvalue weighted by Crippen LogP contribution is -2.36. The number of unbranched alkanes of at least 4 members (excludes halogenated alkanes) is 1. The van der Waals surface area contributed by atoms with Crippen LogP contribution >= 0.6 is 11.8 Å². The lowest BCUT2D eigenvalue weighted by molar-refractivity contribution is -0.119. The maximum absolute atomic E-state index is 11.1. The molecule has 2 N–H and O–H groups in total. The molecule has 0 fully saturated rings. The van der Waals surface area contributed by atoms with E-state index in [0.29, 0.717) is 5.75 Å². The van der Waals surface area contributed by atoms with Gasteiger partial charge in [-0.3, -0.25) is 4.79 Å². The number of hydrogen-bond acceptors (Lipinski definition) is 3. The van der Waals surface area contributed by atoms with Gasteiger partial charge in [0.2, 0.25) is 5.91 Å².